The Bertz CT molecular complexity index is 1320. The van der Waals surface area contributed by atoms with Crippen LogP contribution in [0, 0.1) is 0 Å². The molecule has 0 fully saturated rings. The molecular weight excluding hydrogens is 425 g/mol. The van der Waals surface area contributed by atoms with Crippen LogP contribution in [0.1, 0.15) is 5.56 Å². The molecule has 1 aliphatic heterocycles. The summed E-state index contributed by atoms with van der Waals surface area (Å²) >= 11 is 0. The van der Waals surface area contributed by atoms with Crippen molar-refractivity contribution in [3.63, 3.8) is 0 Å². The number of rotatable bonds is 3. The summed E-state index contributed by atoms with van der Waals surface area (Å²) in [6.07, 6.45) is -3.77. The Hall–Kier alpha value is -4.08. The number of hydrogen-bond donors (Lipinski definition) is 1. The largest absolute Gasteiger partial charge is 0.485 e. The van der Waals surface area contributed by atoms with E-state index in [1.165, 1.54) is 10.6 Å². The molecule has 0 spiro atoms. The van der Waals surface area contributed by atoms with Crippen molar-refractivity contribution in [2.75, 3.05) is 11.9 Å². The maximum atomic E-state index is 13.0. The lowest BCUT2D eigenvalue weighted by molar-refractivity contribution is -0.137. The van der Waals surface area contributed by atoms with Crippen molar-refractivity contribution in [3.8, 4) is 22.6 Å². The highest BCUT2D eigenvalue weighted by Gasteiger charge is 2.30. The smallest absolute Gasteiger partial charge is 0.416 e. The lowest BCUT2D eigenvalue weighted by atomic mass is 10.0. The molecule has 2 aromatic carbocycles. The number of anilines is 1. The minimum absolute atomic E-state index is 0.0376. The van der Waals surface area contributed by atoms with Gasteiger partial charge in [-0.05, 0) is 42.0 Å². The van der Waals surface area contributed by atoms with Crippen molar-refractivity contribution in [2.24, 2.45) is 0 Å². The van der Waals surface area contributed by atoms with Crippen molar-refractivity contribution >= 4 is 17.5 Å². The summed E-state index contributed by atoms with van der Waals surface area (Å²) < 4.78 is 51.6. The Kier molecular flexibility index (Phi) is 4.69. The normalized spacial score (nSPS) is 15.5. The predicted molar refractivity (Wildman–Crippen MR) is 108 cm³/mol. The second-order valence-electron chi connectivity index (χ2n) is 7.09. The summed E-state index contributed by atoms with van der Waals surface area (Å²) in [6, 6.07) is 15.3. The van der Waals surface area contributed by atoms with E-state index in [2.05, 4.69) is 15.4 Å². The van der Waals surface area contributed by atoms with Crippen LogP contribution >= 0.6 is 0 Å². The Morgan fingerprint density at radius 3 is 2.66 bits per heavy atom. The van der Waals surface area contributed by atoms with Crippen LogP contribution in [0.3, 0.4) is 0 Å². The van der Waals surface area contributed by atoms with Crippen molar-refractivity contribution in [3.05, 3.63) is 72.4 Å². The van der Waals surface area contributed by atoms with E-state index in [0.29, 0.717) is 28.3 Å². The van der Waals surface area contributed by atoms with E-state index in [1.807, 2.05) is 0 Å². The van der Waals surface area contributed by atoms with Gasteiger partial charge < -0.3 is 9.47 Å². The van der Waals surface area contributed by atoms with Crippen molar-refractivity contribution in [2.45, 2.75) is 12.3 Å². The van der Waals surface area contributed by atoms with Gasteiger partial charge >= 0.3 is 6.18 Å². The molecule has 0 bridgehead atoms. The summed E-state index contributed by atoms with van der Waals surface area (Å²) in [5.74, 6) is 0.587. The number of carbonyl (C=O) groups excluding carboxylic acids is 1. The molecule has 4 aromatic rings. The van der Waals surface area contributed by atoms with Crippen LogP contribution in [0.5, 0.6) is 11.5 Å². The maximum Gasteiger partial charge on any atom is 0.416 e. The molecule has 0 saturated heterocycles. The quantitative estimate of drug-likeness (QED) is 0.517. The molecular formula is C22H15F3N4O3. The van der Waals surface area contributed by atoms with Crippen molar-refractivity contribution in [1.29, 1.82) is 0 Å². The Morgan fingerprint density at radius 2 is 1.84 bits per heavy atom. The zero-order chi connectivity index (χ0) is 22.3. The lowest BCUT2D eigenvalue weighted by Crippen LogP contribution is -2.40. The van der Waals surface area contributed by atoms with E-state index >= 15 is 0 Å². The van der Waals surface area contributed by atoms with E-state index in [9.17, 15) is 18.0 Å². The van der Waals surface area contributed by atoms with Gasteiger partial charge in [-0.15, -0.1) is 5.10 Å². The molecule has 7 nitrogen and oxygen atoms in total. The molecule has 0 unspecified atom stereocenters. The molecule has 162 valence electrons. The van der Waals surface area contributed by atoms with Gasteiger partial charge in [0.15, 0.2) is 17.1 Å². The van der Waals surface area contributed by atoms with Gasteiger partial charge in [-0.25, -0.2) is 4.52 Å². The van der Waals surface area contributed by atoms with Crippen molar-refractivity contribution < 1.29 is 27.4 Å². The first-order valence-electron chi connectivity index (χ1n) is 9.60. The molecule has 1 aliphatic rings. The number of aromatic nitrogens is 3. The van der Waals surface area contributed by atoms with Crippen LogP contribution in [0.2, 0.25) is 0 Å². The Morgan fingerprint density at radius 1 is 1.03 bits per heavy atom. The third-order valence-corrected chi connectivity index (χ3v) is 4.89. The standard InChI is InChI=1S/C22H15F3N4O3/c23-22(24,25)15-5-3-4-13(10-15)14-8-9-19-26-21(28-29(19)11-14)27-20(30)18-12-31-16-6-1-2-7-17(16)32-18/h1-11,18H,12H2,(H,27,28,30)/t18-/m1/s1. The number of hydrogen-bond acceptors (Lipinski definition) is 5. The van der Waals surface area contributed by atoms with Crippen LogP contribution in [0.4, 0.5) is 19.1 Å². The summed E-state index contributed by atoms with van der Waals surface area (Å²) in [5, 5.41) is 6.79. The second-order valence-corrected chi connectivity index (χ2v) is 7.09. The number of nitrogens with zero attached hydrogens (tertiary/aromatic N) is 3. The number of pyridine rings is 1. The maximum absolute atomic E-state index is 13.0. The van der Waals surface area contributed by atoms with Crippen LogP contribution in [-0.4, -0.2) is 33.2 Å². The monoisotopic (exact) mass is 440 g/mol. The number of halogens is 3. The topological polar surface area (TPSA) is 77.8 Å². The number of benzene rings is 2. The number of nitrogens with one attached hydrogen (secondary N) is 1. The summed E-state index contributed by atoms with van der Waals surface area (Å²) in [6.45, 7) is 0.0376. The molecule has 0 saturated carbocycles. The average molecular weight is 440 g/mol. The minimum Gasteiger partial charge on any atom is -0.485 e. The SMILES string of the molecule is O=C(Nc1nc2ccc(-c3cccc(C(F)(F)F)c3)cn2n1)[C@H]1COc2ccccc2O1. The van der Waals surface area contributed by atoms with Crippen LogP contribution in [0.15, 0.2) is 66.9 Å². The molecule has 0 aliphatic carbocycles. The van der Waals surface area contributed by atoms with Gasteiger partial charge in [-0.2, -0.15) is 18.2 Å². The molecule has 10 heteroatoms. The molecule has 5 rings (SSSR count). The zero-order valence-electron chi connectivity index (χ0n) is 16.3. The first kappa shape index (κ1) is 19.9. The highest BCUT2D eigenvalue weighted by molar-refractivity contribution is 5.93. The van der Waals surface area contributed by atoms with Crippen LogP contribution in [-0.2, 0) is 11.0 Å². The summed E-state index contributed by atoms with van der Waals surface area (Å²) in [7, 11) is 0. The fraction of sp³-hybridized carbons (Fsp3) is 0.136. The zero-order valence-corrected chi connectivity index (χ0v) is 16.3. The number of para-hydroxylation sites is 2. The highest BCUT2D eigenvalue weighted by Crippen LogP contribution is 2.33. The summed E-state index contributed by atoms with van der Waals surface area (Å²) in [4.78, 5) is 16.8. The van der Waals surface area contributed by atoms with E-state index in [1.54, 1.807) is 48.7 Å². The van der Waals surface area contributed by atoms with Gasteiger partial charge in [0.25, 0.3) is 5.91 Å². The number of alkyl halides is 3. The van der Waals surface area contributed by atoms with Gasteiger partial charge in [0, 0.05) is 11.8 Å². The van der Waals surface area contributed by atoms with Gasteiger partial charge in [-0.3, -0.25) is 10.1 Å². The number of fused-ring (bicyclic) bond motifs is 2. The average Bonchev–Trinajstić information content (AvgIpc) is 3.19. The molecule has 1 atom stereocenters. The number of carbonyl (C=O) groups is 1. The number of amides is 1. The predicted octanol–water partition coefficient (Wildman–Crippen LogP) is 4.19. The fourth-order valence-electron chi connectivity index (χ4n) is 3.32. The third-order valence-electron chi connectivity index (χ3n) is 4.89. The highest BCUT2D eigenvalue weighted by atomic mass is 19.4. The van der Waals surface area contributed by atoms with Gasteiger partial charge in [0.2, 0.25) is 12.1 Å². The molecule has 32 heavy (non-hydrogen) atoms. The van der Waals surface area contributed by atoms with E-state index in [0.717, 1.165) is 12.1 Å². The number of ether oxygens (including phenoxy) is 2. The summed E-state index contributed by atoms with van der Waals surface area (Å²) in [5.41, 5.74) is 0.585. The molecule has 3 heterocycles. The molecule has 0 radical (unpaired) electrons. The Balaban J connectivity index is 1.35. The second kappa shape index (κ2) is 7.56. The van der Waals surface area contributed by atoms with E-state index in [4.69, 9.17) is 9.47 Å². The van der Waals surface area contributed by atoms with Gasteiger partial charge in [0.1, 0.15) is 6.61 Å². The third kappa shape index (κ3) is 3.82. The van der Waals surface area contributed by atoms with Crippen LogP contribution < -0.4 is 14.8 Å². The van der Waals surface area contributed by atoms with E-state index in [-0.39, 0.29) is 12.6 Å². The molecule has 1 amide bonds. The molecule has 2 aromatic heterocycles. The first-order chi connectivity index (χ1) is 15.4. The van der Waals surface area contributed by atoms with Gasteiger partial charge in [-0.1, -0.05) is 24.3 Å². The molecule has 1 N–H and O–H groups in total. The lowest BCUT2D eigenvalue weighted by Gasteiger charge is -2.25. The Labute approximate surface area is 179 Å². The van der Waals surface area contributed by atoms with E-state index < -0.39 is 23.8 Å². The van der Waals surface area contributed by atoms with Crippen molar-refractivity contribution in [1.82, 2.24) is 14.6 Å². The fourth-order valence-corrected chi connectivity index (χ4v) is 3.32. The first-order valence-corrected chi connectivity index (χ1v) is 9.60. The minimum atomic E-state index is -4.43. The van der Waals surface area contributed by atoms with Crippen LogP contribution in [0.25, 0.3) is 16.8 Å². The van der Waals surface area contributed by atoms with Gasteiger partial charge in [0.05, 0.1) is 5.56 Å².